The Morgan fingerprint density at radius 1 is 1.14 bits per heavy atom. The summed E-state index contributed by atoms with van der Waals surface area (Å²) in [5, 5.41) is 20.3. The molecule has 2 amide bonds. The van der Waals surface area contributed by atoms with Crippen LogP contribution in [0.15, 0.2) is 48.1 Å². The van der Waals surface area contributed by atoms with Gasteiger partial charge in [0.1, 0.15) is 12.1 Å². The molecule has 0 saturated carbocycles. The van der Waals surface area contributed by atoms with Crippen molar-refractivity contribution < 1.29 is 19.0 Å². The lowest BCUT2D eigenvalue weighted by Gasteiger charge is -2.14. The summed E-state index contributed by atoms with van der Waals surface area (Å²) < 4.78 is 19.4. The van der Waals surface area contributed by atoms with Crippen molar-refractivity contribution in [1.29, 1.82) is 0 Å². The van der Waals surface area contributed by atoms with Gasteiger partial charge in [-0.2, -0.15) is 0 Å². The maximum Gasteiger partial charge on any atom is 0.319 e. The Bertz CT molecular complexity index is 1690. The first kappa shape index (κ1) is 29.0. The van der Waals surface area contributed by atoms with Crippen LogP contribution in [0.5, 0.6) is 23.1 Å². The number of carbonyl (C=O) groups is 1. The molecule has 0 aliphatic heterocycles. The molecule has 0 spiro atoms. The number of nitrogens with one attached hydrogen (secondary N) is 2. The summed E-state index contributed by atoms with van der Waals surface area (Å²) in [4.78, 5) is 21.9. The average molecular weight is 609 g/mol. The molecule has 12 nitrogen and oxygen atoms in total. The van der Waals surface area contributed by atoms with Gasteiger partial charge in [0.25, 0.3) is 0 Å². The SMILES string of the molecule is CCCNC(=O)Nc1ccc(Oc2ncnc3cc(OCCCc4sccc4-c4nnnn4C)c(OC)cc23)cc1Cl. The number of hydrogen-bond acceptors (Lipinski definition) is 10. The number of ether oxygens (including phenoxy) is 3. The number of carbonyl (C=O) groups excluding carboxylic acids is 1. The molecule has 42 heavy (non-hydrogen) atoms. The number of fused-ring (bicyclic) bond motifs is 1. The van der Waals surface area contributed by atoms with Crippen LogP contribution >= 0.6 is 22.9 Å². The number of aryl methyl sites for hydroxylation is 2. The van der Waals surface area contributed by atoms with Crippen molar-refractivity contribution in [3.8, 4) is 34.5 Å². The Balaban J connectivity index is 1.26. The standard InChI is InChI=1S/C28H29ClN8O4S/c1-4-10-30-28(38)33-21-8-7-17(13-20(21)29)41-27-19-14-23(39-3)24(15-22(19)31-16-32-27)40-11-5-6-25-18(9-12-42-25)26-34-35-36-37(26)2/h7-9,12-16H,4-6,10-11H2,1-3H3,(H2,30,33,38). The second-order valence-electron chi connectivity index (χ2n) is 9.16. The lowest BCUT2D eigenvalue weighted by molar-refractivity contribution is 0.252. The van der Waals surface area contributed by atoms with Gasteiger partial charge in [-0.15, -0.1) is 16.4 Å². The van der Waals surface area contributed by atoms with Gasteiger partial charge in [-0.1, -0.05) is 18.5 Å². The molecule has 2 N–H and O–H groups in total. The second kappa shape index (κ2) is 13.4. The van der Waals surface area contributed by atoms with E-state index < -0.39 is 0 Å². The van der Waals surface area contributed by atoms with Crippen LogP contribution in [0.3, 0.4) is 0 Å². The van der Waals surface area contributed by atoms with Gasteiger partial charge in [0.05, 0.1) is 35.3 Å². The highest BCUT2D eigenvalue weighted by Gasteiger charge is 2.16. The van der Waals surface area contributed by atoms with E-state index in [-0.39, 0.29) is 6.03 Å². The van der Waals surface area contributed by atoms with E-state index in [1.54, 1.807) is 53.5 Å². The number of anilines is 1. The van der Waals surface area contributed by atoms with Gasteiger partial charge in [-0.25, -0.2) is 19.4 Å². The Labute approximate surface area is 251 Å². The zero-order valence-electron chi connectivity index (χ0n) is 23.3. The van der Waals surface area contributed by atoms with Crippen LogP contribution in [0.4, 0.5) is 10.5 Å². The number of rotatable bonds is 12. The molecular formula is C28H29ClN8O4S. The smallest absolute Gasteiger partial charge is 0.319 e. The van der Waals surface area contributed by atoms with Gasteiger partial charge < -0.3 is 24.8 Å². The zero-order chi connectivity index (χ0) is 29.5. The number of thiophene rings is 1. The molecule has 218 valence electrons. The van der Waals surface area contributed by atoms with Crippen molar-refractivity contribution in [3.05, 3.63) is 58.0 Å². The maximum atomic E-state index is 12.0. The van der Waals surface area contributed by atoms with Gasteiger partial charge in [0, 0.05) is 36.2 Å². The van der Waals surface area contributed by atoms with Crippen LogP contribution in [0, 0.1) is 0 Å². The number of hydrogen-bond donors (Lipinski definition) is 2. The first-order valence-electron chi connectivity index (χ1n) is 13.2. The number of halogens is 1. The molecule has 2 aromatic carbocycles. The molecule has 0 aliphatic carbocycles. The fourth-order valence-corrected chi connectivity index (χ4v) is 5.31. The van der Waals surface area contributed by atoms with Crippen molar-refractivity contribution in [2.45, 2.75) is 26.2 Å². The molecule has 3 aromatic heterocycles. The molecular weight excluding hydrogens is 580 g/mol. The summed E-state index contributed by atoms with van der Waals surface area (Å²) in [7, 11) is 3.40. The quantitative estimate of drug-likeness (QED) is 0.166. The third-order valence-electron chi connectivity index (χ3n) is 6.24. The average Bonchev–Trinajstić information content (AvgIpc) is 3.63. The largest absolute Gasteiger partial charge is 0.493 e. The van der Waals surface area contributed by atoms with Gasteiger partial charge in [0.15, 0.2) is 17.3 Å². The van der Waals surface area contributed by atoms with Crippen LogP contribution < -0.4 is 24.8 Å². The van der Waals surface area contributed by atoms with E-state index in [1.165, 1.54) is 11.2 Å². The molecule has 5 aromatic rings. The maximum absolute atomic E-state index is 12.0. The molecule has 3 heterocycles. The topological polar surface area (TPSA) is 138 Å². The molecule has 0 unspecified atom stereocenters. The number of benzene rings is 2. The van der Waals surface area contributed by atoms with E-state index in [1.807, 2.05) is 25.4 Å². The van der Waals surface area contributed by atoms with E-state index in [0.29, 0.717) is 57.9 Å². The van der Waals surface area contributed by atoms with Crippen LogP contribution in [0.25, 0.3) is 22.3 Å². The Morgan fingerprint density at radius 2 is 2.02 bits per heavy atom. The number of aromatic nitrogens is 6. The molecule has 14 heteroatoms. The number of urea groups is 1. The van der Waals surface area contributed by atoms with E-state index in [4.69, 9.17) is 25.8 Å². The van der Waals surface area contributed by atoms with E-state index in [2.05, 4.69) is 36.1 Å². The minimum Gasteiger partial charge on any atom is -0.493 e. The molecule has 0 fully saturated rings. The van der Waals surface area contributed by atoms with Crippen molar-refractivity contribution in [1.82, 2.24) is 35.5 Å². The summed E-state index contributed by atoms with van der Waals surface area (Å²) >= 11 is 8.07. The van der Waals surface area contributed by atoms with Crippen LogP contribution in [0.1, 0.15) is 24.6 Å². The highest BCUT2D eigenvalue weighted by Crippen LogP contribution is 2.37. The Hall–Kier alpha value is -4.49. The highest BCUT2D eigenvalue weighted by molar-refractivity contribution is 7.10. The molecule has 0 radical (unpaired) electrons. The first-order valence-corrected chi connectivity index (χ1v) is 14.5. The Kier molecular flexibility index (Phi) is 9.29. The first-order chi connectivity index (χ1) is 20.5. The fraction of sp³-hybridized carbons (Fsp3) is 0.286. The summed E-state index contributed by atoms with van der Waals surface area (Å²) in [6.07, 6.45) is 3.85. The molecule has 5 rings (SSSR count). The van der Waals surface area contributed by atoms with E-state index in [0.717, 1.165) is 30.7 Å². The third kappa shape index (κ3) is 6.69. The minimum absolute atomic E-state index is 0.324. The molecule has 0 atom stereocenters. The zero-order valence-corrected chi connectivity index (χ0v) is 24.8. The third-order valence-corrected chi connectivity index (χ3v) is 7.53. The van der Waals surface area contributed by atoms with Gasteiger partial charge >= 0.3 is 6.03 Å². The highest BCUT2D eigenvalue weighted by atomic mass is 35.5. The molecule has 0 saturated heterocycles. The summed E-state index contributed by atoms with van der Waals surface area (Å²) in [6.45, 7) is 3.02. The van der Waals surface area contributed by atoms with E-state index >= 15 is 0 Å². The fourth-order valence-electron chi connectivity index (χ4n) is 4.18. The summed E-state index contributed by atoms with van der Waals surface area (Å²) in [6, 6.07) is 10.3. The Morgan fingerprint density at radius 3 is 2.79 bits per heavy atom. The van der Waals surface area contributed by atoms with Crippen molar-refractivity contribution in [2.24, 2.45) is 7.05 Å². The lowest BCUT2D eigenvalue weighted by Crippen LogP contribution is -2.29. The number of tetrazole rings is 1. The van der Waals surface area contributed by atoms with E-state index in [9.17, 15) is 4.79 Å². The predicted octanol–water partition coefficient (Wildman–Crippen LogP) is 5.88. The van der Waals surface area contributed by atoms with Crippen LogP contribution in [0.2, 0.25) is 5.02 Å². The van der Waals surface area contributed by atoms with Crippen LogP contribution in [-0.4, -0.2) is 56.5 Å². The summed E-state index contributed by atoms with van der Waals surface area (Å²) in [5.74, 6) is 2.61. The predicted molar refractivity (Wildman–Crippen MR) is 161 cm³/mol. The van der Waals surface area contributed by atoms with Gasteiger partial charge in [-0.3, -0.25) is 0 Å². The normalized spacial score (nSPS) is 11.0. The van der Waals surface area contributed by atoms with Crippen molar-refractivity contribution >= 4 is 45.6 Å². The lowest BCUT2D eigenvalue weighted by atomic mass is 10.1. The number of amides is 2. The van der Waals surface area contributed by atoms with Crippen molar-refractivity contribution in [2.75, 3.05) is 25.6 Å². The van der Waals surface area contributed by atoms with Crippen molar-refractivity contribution in [3.63, 3.8) is 0 Å². The van der Waals surface area contributed by atoms with Gasteiger partial charge in [0.2, 0.25) is 5.88 Å². The second-order valence-corrected chi connectivity index (χ2v) is 10.6. The molecule has 0 aliphatic rings. The van der Waals surface area contributed by atoms with Crippen LogP contribution in [-0.2, 0) is 13.5 Å². The van der Waals surface area contributed by atoms with Gasteiger partial charge in [-0.05, 0) is 59.3 Å². The minimum atomic E-state index is -0.324. The summed E-state index contributed by atoms with van der Waals surface area (Å²) in [5.41, 5.74) is 2.13. The molecule has 0 bridgehead atoms. The monoisotopic (exact) mass is 608 g/mol. The number of nitrogens with zero attached hydrogens (tertiary/aromatic N) is 6. The number of methoxy groups -OCH3 is 1.